The van der Waals surface area contributed by atoms with E-state index in [1.54, 1.807) is 0 Å². The Morgan fingerprint density at radius 2 is 2.17 bits per heavy atom. The fourth-order valence-electron chi connectivity index (χ4n) is 4.74. The summed E-state index contributed by atoms with van der Waals surface area (Å²) in [5.41, 5.74) is -0.647. The summed E-state index contributed by atoms with van der Waals surface area (Å²) in [4.78, 5) is 2.48. The van der Waals surface area contributed by atoms with Crippen LogP contribution in [0.2, 0.25) is 0 Å². The van der Waals surface area contributed by atoms with Gasteiger partial charge in [0, 0.05) is 50.1 Å². The van der Waals surface area contributed by atoms with Crippen LogP contribution in [0, 0.1) is 11.8 Å². The lowest BCUT2D eigenvalue weighted by atomic mass is 9.66. The van der Waals surface area contributed by atoms with Crippen molar-refractivity contribution in [3.63, 3.8) is 0 Å². The van der Waals surface area contributed by atoms with Gasteiger partial charge in [0.25, 0.3) is 0 Å². The Morgan fingerprint density at radius 3 is 3.00 bits per heavy atom. The van der Waals surface area contributed by atoms with E-state index in [4.69, 9.17) is 9.47 Å². The molecule has 0 saturated carbocycles. The molecule has 4 heterocycles. The SMILES string of the molecule is CC(C)n1cnnc1CN1C[C@H]2COCC[C@@]2(O)[C@@H]2COCC[C@@H]21. The largest absolute Gasteiger partial charge is 0.389 e. The molecule has 4 rings (SSSR count). The third-order valence-corrected chi connectivity index (χ3v) is 6.11. The van der Waals surface area contributed by atoms with Crippen LogP contribution in [0.5, 0.6) is 0 Å². The minimum atomic E-state index is -0.647. The Balaban J connectivity index is 1.60. The number of ether oxygens (including phenoxy) is 2. The maximum atomic E-state index is 11.4. The Hall–Kier alpha value is -1.02. The minimum Gasteiger partial charge on any atom is -0.389 e. The standard InChI is InChI=1S/C17H28N4O3/c1-12(2)21-11-18-19-16(21)8-20-7-13-9-24-6-4-17(13,22)14-10-23-5-3-15(14)20/h11-15,22H,3-10H2,1-2H3/t13-,14+,15-,17-/m0/s1. The summed E-state index contributed by atoms with van der Waals surface area (Å²) in [6.07, 6.45) is 3.50. The number of aromatic nitrogens is 3. The van der Waals surface area contributed by atoms with Gasteiger partial charge in [-0.05, 0) is 20.3 Å². The first kappa shape index (κ1) is 16.4. The van der Waals surface area contributed by atoms with E-state index in [9.17, 15) is 5.11 Å². The molecule has 0 aromatic carbocycles. The highest BCUT2D eigenvalue weighted by atomic mass is 16.5. The quantitative estimate of drug-likeness (QED) is 0.882. The van der Waals surface area contributed by atoms with Crippen molar-refractivity contribution >= 4 is 0 Å². The molecule has 3 aliphatic heterocycles. The predicted octanol–water partition coefficient (Wildman–Crippen LogP) is 0.847. The van der Waals surface area contributed by atoms with E-state index in [0.717, 1.165) is 38.4 Å². The monoisotopic (exact) mass is 336 g/mol. The summed E-state index contributed by atoms with van der Waals surface area (Å²) in [7, 11) is 0. The Kier molecular flexibility index (Phi) is 4.36. The second kappa shape index (κ2) is 6.37. The van der Waals surface area contributed by atoms with E-state index < -0.39 is 5.60 Å². The molecule has 134 valence electrons. The number of likely N-dealkylation sites (tertiary alicyclic amines) is 1. The normalized spacial score (nSPS) is 37.2. The molecule has 1 N–H and O–H groups in total. The van der Waals surface area contributed by atoms with E-state index in [-0.39, 0.29) is 11.8 Å². The van der Waals surface area contributed by atoms with E-state index in [2.05, 4.69) is 33.5 Å². The van der Waals surface area contributed by atoms with Gasteiger partial charge in [-0.1, -0.05) is 0 Å². The Bertz CT molecular complexity index is 578. The molecular formula is C17H28N4O3. The van der Waals surface area contributed by atoms with Crippen molar-refractivity contribution in [1.82, 2.24) is 19.7 Å². The van der Waals surface area contributed by atoms with Crippen LogP contribution < -0.4 is 0 Å². The van der Waals surface area contributed by atoms with Gasteiger partial charge < -0.3 is 19.1 Å². The first-order valence-electron chi connectivity index (χ1n) is 9.10. The zero-order valence-corrected chi connectivity index (χ0v) is 14.6. The lowest BCUT2D eigenvalue weighted by molar-refractivity contribution is -0.221. The molecular weight excluding hydrogens is 308 g/mol. The molecule has 0 amide bonds. The van der Waals surface area contributed by atoms with Gasteiger partial charge >= 0.3 is 0 Å². The highest BCUT2D eigenvalue weighted by Crippen LogP contribution is 2.44. The molecule has 7 nitrogen and oxygen atoms in total. The number of piperidine rings is 1. The summed E-state index contributed by atoms with van der Waals surface area (Å²) in [6, 6.07) is 0.690. The number of fused-ring (bicyclic) bond motifs is 3. The summed E-state index contributed by atoms with van der Waals surface area (Å²) >= 11 is 0. The van der Waals surface area contributed by atoms with Crippen molar-refractivity contribution < 1.29 is 14.6 Å². The Morgan fingerprint density at radius 1 is 1.33 bits per heavy atom. The van der Waals surface area contributed by atoms with Crippen molar-refractivity contribution in [2.45, 2.75) is 50.9 Å². The zero-order chi connectivity index (χ0) is 16.7. The fourth-order valence-corrected chi connectivity index (χ4v) is 4.74. The van der Waals surface area contributed by atoms with Crippen molar-refractivity contribution in [3.8, 4) is 0 Å². The van der Waals surface area contributed by atoms with Gasteiger partial charge in [0.15, 0.2) is 0 Å². The van der Waals surface area contributed by atoms with Crippen molar-refractivity contribution in [1.29, 1.82) is 0 Å². The number of rotatable bonds is 3. The first-order chi connectivity index (χ1) is 11.6. The fraction of sp³-hybridized carbons (Fsp3) is 0.882. The molecule has 3 fully saturated rings. The lowest BCUT2D eigenvalue weighted by Crippen LogP contribution is -2.67. The third kappa shape index (κ3) is 2.67. The molecule has 0 radical (unpaired) electrons. The van der Waals surface area contributed by atoms with Crippen LogP contribution in [0.1, 0.15) is 38.6 Å². The van der Waals surface area contributed by atoms with Crippen LogP contribution in [0.3, 0.4) is 0 Å². The van der Waals surface area contributed by atoms with Crippen LogP contribution >= 0.6 is 0 Å². The number of nitrogens with zero attached hydrogens (tertiary/aromatic N) is 4. The van der Waals surface area contributed by atoms with Gasteiger partial charge in [-0.3, -0.25) is 4.90 Å². The average molecular weight is 336 g/mol. The topological polar surface area (TPSA) is 72.6 Å². The highest BCUT2D eigenvalue weighted by molar-refractivity contribution is 5.07. The summed E-state index contributed by atoms with van der Waals surface area (Å²) in [5, 5.41) is 19.8. The van der Waals surface area contributed by atoms with Gasteiger partial charge in [-0.25, -0.2) is 0 Å². The molecule has 1 aromatic heterocycles. The van der Waals surface area contributed by atoms with Crippen LogP contribution in [0.4, 0.5) is 0 Å². The van der Waals surface area contributed by atoms with Gasteiger partial charge in [-0.2, -0.15) is 0 Å². The number of hydrogen-bond donors (Lipinski definition) is 1. The number of aliphatic hydroxyl groups is 1. The zero-order valence-electron chi connectivity index (χ0n) is 14.6. The van der Waals surface area contributed by atoms with E-state index in [1.165, 1.54) is 0 Å². The third-order valence-electron chi connectivity index (χ3n) is 6.11. The van der Waals surface area contributed by atoms with Crippen LogP contribution in [-0.4, -0.2) is 69.4 Å². The summed E-state index contributed by atoms with van der Waals surface area (Å²) in [6.45, 7) is 8.61. The maximum Gasteiger partial charge on any atom is 0.147 e. The van der Waals surface area contributed by atoms with Crippen molar-refractivity contribution in [2.75, 3.05) is 33.0 Å². The van der Waals surface area contributed by atoms with Crippen molar-refractivity contribution in [2.24, 2.45) is 11.8 Å². The van der Waals surface area contributed by atoms with E-state index in [0.29, 0.717) is 31.9 Å². The molecule has 3 aliphatic rings. The minimum absolute atomic E-state index is 0.143. The van der Waals surface area contributed by atoms with Crippen LogP contribution in [-0.2, 0) is 16.0 Å². The lowest BCUT2D eigenvalue weighted by Gasteiger charge is -2.57. The molecule has 4 atom stereocenters. The van der Waals surface area contributed by atoms with E-state index >= 15 is 0 Å². The van der Waals surface area contributed by atoms with Crippen molar-refractivity contribution in [3.05, 3.63) is 12.2 Å². The molecule has 0 spiro atoms. The second-order valence-electron chi connectivity index (χ2n) is 7.73. The summed E-state index contributed by atoms with van der Waals surface area (Å²) < 4.78 is 13.5. The average Bonchev–Trinajstić information content (AvgIpc) is 3.04. The molecule has 7 heteroatoms. The molecule has 24 heavy (non-hydrogen) atoms. The van der Waals surface area contributed by atoms with Gasteiger partial charge in [-0.15, -0.1) is 10.2 Å². The molecule has 0 aliphatic carbocycles. The summed E-state index contributed by atoms with van der Waals surface area (Å²) in [5.74, 6) is 1.30. The Labute approximate surface area is 142 Å². The van der Waals surface area contributed by atoms with Gasteiger partial charge in [0.2, 0.25) is 0 Å². The predicted molar refractivity (Wildman–Crippen MR) is 87.4 cm³/mol. The molecule has 3 saturated heterocycles. The van der Waals surface area contributed by atoms with Gasteiger partial charge in [0.05, 0.1) is 25.4 Å². The second-order valence-corrected chi connectivity index (χ2v) is 7.73. The maximum absolute atomic E-state index is 11.4. The van der Waals surface area contributed by atoms with E-state index in [1.807, 2.05) is 6.33 Å². The number of hydrogen-bond acceptors (Lipinski definition) is 6. The first-order valence-corrected chi connectivity index (χ1v) is 9.10. The highest BCUT2D eigenvalue weighted by Gasteiger charge is 2.55. The van der Waals surface area contributed by atoms with Crippen LogP contribution in [0.25, 0.3) is 0 Å². The van der Waals surface area contributed by atoms with Crippen LogP contribution in [0.15, 0.2) is 6.33 Å². The smallest absolute Gasteiger partial charge is 0.147 e. The molecule has 0 unspecified atom stereocenters. The molecule has 1 aromatic rings. The van der Waals surface area contributed by atoms with Gasteiger partial charge in [0.1, 0.15) is 12.2 Å². The molecule has 0 bridgehead atoms.